The lowest BCUT2D eigenvalue weighted by Crippen LogP contribution is -2.30. The molecule has 0 radical (unpaired) electrons. The van der Waals surface area contributed by atoms with Gasteiger partial charge in [-0.2, -0.15) is 0 Å². The number of ether oxygens (including phenoxy) is 3. The number of carbonyl (C=O) groups is 3. The number of hydrogen-bond donors (Lipinski definition) is 0. The number of carbonyl (C=O) groups excluding carboxylic acids is 3. The monoisotopic (exact) mass is 765 g/mol. The number of hydrogen-bond acceptors (Lipinski definition) is 6. The maximum atomic E-state index is 12.7. The molecule has 0 aromatic rings. The third kappa shape index (κ3) is 40.1. The molecule has 1 unspecified atom stereocenters. The van der Waals surface area contributed by atoms with Gasteiger partial charge in [-0.15, -0.1) is 0 Å². The van der Waals surface area contributed by atoms with Gasteiger partial charge in [0.25, 0.3) is 0 Å². The summed E-state index contributed by atoms with van der Waals surface area (Å²) in [6.45, 7) is 13.6. The summed E-state index contributed by atoms with van der Waals surface area (Å²) in [5, 5.41) is 0. The molecule has 0 fully saturated rings. The van der Waals surface area contributed by atoms with Crippen molar-refractivity contribution >= 4 is 17.9 Å². The molecule has 0 rings (SSSR count). The van der Waals surface area contributed by atoms with Gasteiger partial charge in [-0.1, -0.05) is 215 Å². The van der Waals surface area contributed by atoms with E-state index in [0.717, 1.165) is 75.5 Å². The summed E-state index contributed by atoms with van der Waals surface area (Å²) in [6, 6.07) is 0. The lowest BCUT2D eigenvalue weighted by Gasteiger charge is -2.18. The topological polar surface area (TPSA) is 78.9 Å². The summed E-state index contributed by atoms with van der Waals surface area (Å²) >= 11 is 0. The Hall–Kier alpha value is -1.59. The Bertz CT molecular complexity index is 839. The van der Waals surface area contributed by atoms with Crippen LogP contribution in [0.2, 0.25) is 0 Å². The van der Waals surface area contributed by atoms with Gasteiger partial charge in [-0.3, -0.25) is 14.4 Å². The van der Waals surface area contributed by atoms with Gasteiger partial charge in [0.15, 0.2) is 6.10 Å². The summed E-state index contributed by atoms with van der Waals surface area (Å²) in [6.07, 6.45) is 36.8. The summed E-state index contributed by atoms with van der Waals surface area (Å²) in [7, 11) is 0. The van der Waals surface area contributed by atoms with Gasteiger partial charge in [0.1, 0.15) is 13.2 Å². The second-order valence-corrected chi connectivity index (χ2v) is 17.6. The molecule has 6 heteroatoms. The second-order valence-electron chi connectivity index (χ2n) is 17.6. The van der Waals surface area contributed by atoms with Crippen LogP contribution >= 0.6 is 0 Å². The van der Waals surface area contributed by atoms with Gasteiger partial charge in [0.05, 0.1) is 0 Å². The smallest absolute Gasteiger partial charge is 0.306 e. The van der Waals surface area contributed by atoms with Crippen molar-refractivity contribution in [1.82, 2.24) is 0 Å². The lowest BCUT2D eigenvalue weighted by atomic mass is 10.00. The van der Waals surface area contributed by atoms with E-state index >= 15 is 0 Å². The van der Waals surface area contributed by atoms with Crippen LogP contribution in [-0.2, 0) is 28.6 Å². The van der Waals surface area contributed by atoms with E-state index in [9.17, 15) is 14.4 Å². The van der Waals surface area contributed by atoms with E-state index in [2.05, 4.69) is 41.5 Å². The molecule has 0 N–H and O–H groups in total. The molecule has 6 nitrogen and oxygen atoms in total. The molecule has 2 atom stereocenters. The first-order valence-corrected chi connectivity index (χ1v) is 23.6. The molecule has 0 aromatic carbocycles. The van der Waals surface area contributed by atoms with Gasteiger partial charge >= 0.3 is 17.9 Å². The molecule has 0 amide bonds. The minimum Gasteiger partial charge on any atom is -0.462 e. The van der Waals surface area contributed by atoms with Crippen LogP contribution in [0, 0.1) is 17.8 Å². The van der Waals surface area contributed by atoms with Gasteiger partial charge < -0.3 is 14.2 Å². The van der Waals surface area contributed by atoms with Crippen molar-refractivity contribution in [3.05, 3.63) is 0 Å². The molecule has 0 aliphatic carbocycles. The van der Waals surface area contributed by atoms with Crippen LogP contribution in [0.25, 0.3) is 0 Å². The molecular formula is C48H92O6. The maximum absolute atomic E-state index is 12.7. The molecule has 0 aliphatic heterocycles. The molecule has 0 aliphatic rings. The van der Waals surface area contributed by atoms with Crippen molar-refractivity contribution in [2.75, 3.05) is 13.2 Å². The highest BCUT2D eigenvalue weighted by Crippen LogP contribution is 2.17. The predicted octanol–water partition coefficient (Wildman–Crippen LogP) is 14.8. The summed E-state index contributed by atoms with van der Waals surface area (Å²) in [5.74, 6) is 1.55. The molecule has 0 heterocycles. The van der Waals surface area contributed by atoms with Crippen molar-refractivity contribution in [1.29, 1.82) is 0 Å². The zero-order valence-corrected chi connectivity index (χ0v) is 37.0. The van der Waals surface area contributed by atoms with Gasteiger partial charge in [0.2, 0.25) is 0 Å². The van der Waals surface area contributed by atoms with Gasteiger partial charge in [-0.05, 0) is 37.0 Å². The van der Waals surface area contributed by atoms with Crippen molar-refractivity contribution < 1.29 is 28.6 Å². The molecule has 54 heavy (non-hydrogen) atoms. The Morgan fingerprint density at radius 2 is 0.648 bits per heavy atom. The fourth-order valence-electron chi connectivity index (χ4n) is 7.02. The van der Waals surface area contributed by atoms with E-state index in [1.807, 2.05) is 0 Å². The van der Waals surface area contributed by atoms with Crippen LogP contribution in [-0.4, -0.2) is 37.2 Å². The SMILES string of the molecule is CCC(C)CCCCCCCCC(=O)OC[C@@H](COC(=O)CCCCCCCCC(C)C)OC(=O)CCCCCCCCCCCCCCCCC(C)C. The zero-order valence-electron chi connectivity index (χ0n) is 37.0. The van der Waals surface area contributed by atoms with E-state index < -0.39 is 6.10 Å². The van der Waals surface area contributed by atoms with Crippen LogP contribution < -0.4 is 0 Å². The normalized spacial score (nSPS) is 12.7. The van der Waals surface area contributed by atoms with Crippen molar-refractivity contribution in [3.8, 4) is 0 Å². The Morgan fingerprint density at radius 1 is 0.370 bits per heavy atom. The highest BCUT2D eigenvalue weighted by atomic mass is 16.6. The van der Waals surface area contributed by atoms with E-state index in [-0.39, 0.29) is 31.1 Å². The largest absolute Gasteiger partial charge is 0.462 e. The second kappa shape index (κ2) is 39.6. The zero-order chi connectivity index (χ0) is 39.9. The highest BCUT2D eigenvalue weighted by Gasteiger charge is 2.19. The number of unbranched alkanes of at least 4 members (excludes halogenated alkanes) is 23. The van der Waals surface area contributed by atoms with Crippen molar-refractivity contribution in [2.45, 2.75) is 260 Å². The molecule has 0 aromatic heterocycles. The van der Waals surface area contributed by atoms with Gasteiger partial charge in [0, 0.05) is 19.3 Å². The maximum Gasteiger partial charge on any atom is 0.306 e. The summed E-state index contributed by atoms with van der Waals surface area (Å²) in [4.78, 5) is 37.7. The Balaban J connectivity index is 4.29. The van der Waals surface area contributed by atoms with Crippen LogP contribution in [0.3, 0.4) is 0 Å². The fourth-order valence-corrected chi connectivity index (χ4v) is 7.02. The highest BCUT2D eigenvalue weighted by molar-refractivity contribution is 5.71. The molecule has 0 bridgehead atoms. The Kier molecular flexibility index (Phi) is 38.5. The number of rotatable bonds is 41. The Labute approximate surface area is 336 Å². The minimum absolute atomic E-state index is 0.0673. The number of esters is 3. The Morgan fingerprint density at radius 3 is 0.963 bits per heavy atom. The summed E-state index contributed by atoms with van der Waals surface area (Å²) < 4.78 is 16.7. The van der Waals surface area contributed by atoms with Gasteiger partial charge in [-0.25, -0.2) is 0 Å². The molecule has 0 saturated carbocycles. The third-order valence-electron chi connectivity index (χ3n) is 11.0. The molecule has 0 spiro atoms. The standard InChI is InChI=1S/C48H92O6/c1-7-44(6)36-30-24-19-21-26-32-38-47(50)53-41-45(40-52-46(49)37-31-25-20-18-23-29-35-43(4)5)54-48(51)39-33-27-17-15-13-11-9-8-10-12-14-16-22-28-34-42(2)3/h42-45H,7-41H2,1-6H3/t44?,45-/m1/s1. The van der Waals surface area contributed by atoms with Crippen LogP contribution in [0.5, 0.6) is 0 Å². The first kappa shape index (κ1) is 52.4. The first-order chi connectivity index (χ1) is 26.1. The van der Waals surface area contributed by atoms with Crippen LogP contribution in [0.15, 0.2) is 0 Å². The van der Waals surface area contributed by atoms with Crippen LogP contribution in [0.4, 0.5) is 0 Å². The fraction of sp³-hybridized carbons (Fsp3) is 0.938. The van der Waals surface area contributed by atoms with E-state index in [0.29, 0.717) is 19.3 Å². The molecule has 320 valence electrons. The quantitative estimate of drug-likeness (QED) is 0.0350. The van der Waals surface area contributed by atoms with Crippen molar-refractivity contribution in [3.63, 3.8) is 0 Å². The average molecular weight is 765 g/mol. The first-order valence-electron chi connectivity index (χ1n) is 23.6. The summed E-state index contributed by atoms with van der Waals surface area (Å²) in [5.41, 5.74) is 0. The van der Waals surface area contributed by atoms with E-state index in [4.69, 9.17) is 14.2 Å². The molecular weight excluding hydrogens is 673 g/mol. The van der Waals surface area contributed by atoms with Crippen LogP contribution in [0.1, 0.15) is 253 Å². The molecule has 0 saturated heterocycles. The average Bonchev–Trinajstić information content (AvgIpc) is 3.14. The predicted molar refractivity (Wildman–Crippen MR) is 229 cm³/mol. The minimum atomic E-state index is -0.762. The van der Waals surface area contributed by atoms with Crippen molar-refractivity contribution in [2.24, 2.45) is 17.8 Å². The van der Waals surface area contributed by atoms with E-state index in [1.54, 1.807) is 0 Å². The lowest BCUT2D eigenvalue weighted by molar-refractivity contribution is -0.167. The van der Waals surface area contributed by atoms with E-state index in [1.165, 1.54) is 135 Å². The third-order valence-corrected chi connectivity index (χ3v) is 11.0.